The number of hydrogen-bond donors (Lipinski definition) is 2. The molecule has 0 saturated carbocycles. The zero-order chi connectivity index (χ0) is 19.6. The second-order valence-corrected chi connectivity index (χ2v) is 5.92. The normalized spacial score (nSPS) is 11.2. The maximum absolute atomic E-state index is 13.5. The van der Waals surface area contributed by atoms with Crippen molar-refractivity contribution >= 4 is 5.96 Å². The number of para-hydroxylation sites is 1. The average Bonchev–Trinajstić information content (AvgIpc) is 2.67. The van der Waals surface area contributed by atoms with Crippen LogP contribution in [0.1, 0.15) is 5.56 Å². The number of phenols is 1. The van der Waals surface area contributed by atoms with Gasteiger partial charge in [-0.1, -0.05) is 18.2 Å². The van der Waals surface area contributed by atoms with Crippen molar-refractivity contribution in [3.63, 3.8) is 0 Å². The number of guanidine groups is 1. The van der Waals surface area contributed by atoms with Crippen LogP contribution in [0.5, 0.6) is 17.2 Å². The number of likely N-dealkylation sites (N-methyl/N-ethyl adjacent to an activating group) is 1. The highest BCUT2D eigenvalue weighted by Gasteiger charge is 2.08. The van der Waals surface area contributed by atoms with E-state index in [9.17, 15) is 9.50 Å². The van der Waals surface area contributed by atoms with E-state index in [1.165, 1.54) is 6.07 Å². The third-order valence-corrected chi connectivity index (χ3v) is 4.06. The summed E-state index contributed by atoms with van der Waals surface area (Å²) in [5.74, 6) is 1.39. The first-order chi connectivity index (χ1) is 13.0. The van der Waals surface area contributed by atoms with Crippen molar-refractivity contribution < 1.29 is 19.0 Å². The van der Waals surface area contributed by atoms with E-state index in [1.54, 1.807) is 38.4 Å². The highest BCUT2D eigenvalue weighted by atomic mass is 19.1. The molecule has 0 fully saturated rings. The van der Waals surface area contributed by atoms with Crippen LogP contribution in [0, 0.1) is 5.82 Å². The third kappa shape index (κ3) is 6.06. The van der Waals surface area contributed by atoms with Crippen LogP contribution < -0.4 is 14.8 Å². The van der Waals surface area contributed by atoms with Crippen LogP contribution in [0.15, 0.2) is 47.5 Å². The molecule has 2 rings (SSSR count). The molecule has 0 aromatic heterocycles. The van der Waals surface area contributed by atoms with Crippen molar-refractivity contribution in [3.05, 3.63) is 53.8 Å². The fourth-order valence-electron chi connectivity index (χ4n) is 2.54. The number of nitrogens with one attached hydrogen (secondary N) is 1. The van der Waals surface area contributed by atoms with E-state index in [-0.39, 0.29) is 17.3 Å². The van der Waals surface area contributed by atoms with E-state index >= 15 is 0 Å². The monoisotopic (exact) mass is 375 g/mol. The highest BCUT2D eigenvalue weighted by Crippen LogP contribution is 2.23. The number of methoxy groups -OCH3 is 1. The Labute approximate surface area is 159 Å². The molecule has 0 heterocycles. The molecule has 0 bridgehead atoms. The second-order valence-electron chi connectivity index (χ2n) is 5.92. The zero-order valence-electron chi connectivity index (χ0n) is 15.9. The Balaban J connectivity index is 1.78. The molecule has 0 saturated heterocycles. The van der Waals surface area contributed by atoms with E-state index in [0.717, 1.165) is 5.56 Å². The SMILES string of the molecule is CN=C(NCCc1ccc(OC)cc1O)N(C)CCOc1ccccc1F. The van der Waals surface area contributed by atoms with Crippen molar-refractivity contribution in [1.82, 2.24) is 10.2 Å². The van der Waals surface area contributed by atoms with Crippen LogP contribution in [0.2, 0.25) is 0 Å². The molecule has 2 aromatic rings. The Morgan fingerprint density at radius 1 is 1.26 bits per heavy atom. The summed E-state index contributed by atoms with van der Waals surface area (Å²) in [4.78, 5) is 6.13. The molecular weight excluding hydrogens is 349 g/mol. The third-order valence-electron chi connectivity index (χ3n) is 4.06. The minimum atomic E-state index is -0.373. The number of aliphatic imine (C=N–C) groups is 1. The number of phenolic OH excluding ortho intramolecular Hbond substituents is 1. The summed E-state index contributed by atoms with van der Waals surface area (Å²) in [6.07, 6.45) is 0.633. The Morgan fingerprint density at radius 3 is 2.70 bits per heavy atom. The maximum Gasteiger partial charge on any atom is 0.193 e. The molecule has 0 spiro atoms. The van der Waals surface area contributed by atoms with Crippen LogP contribution in [0.3, 0.4) is 0 Å². The lowest BCUT2D eigenvalue weighted by Gasteiger charge is -2.22. The van der Waals surface area contributed by atoms with Crippen molar-refractivity contribution in [2.24, 2.45) is 4.99 Å². The average molecular weight is 375 g/mol. The molecule has 0 radical (unpaired) electrons. The van der Waals surface area contributed by atoms with Crippen LogP contribution >= 0.6 is 0 Å². The second kappa shape index (κ2) is 10.3. The Kier molecular flexibility index (Phi) is 7.73. The summed E-state index contributed by atoms with van der Waals surface area (Å²) >= 11 is 0. The smallest absolute Gasteiger partial charge is 0.193 e. The van der Waals surface area contributed by atoms with E-state index < -0.39 is 0 Å². The predicted octanol–water partition coefficient (Wildman–Crippen LogP) is 2.67. The first-order valence-corrected chi connectivity index (χ1v) is 8.70. The molecule has 0 atom stereocenters. The van der Waals surface area contributed by atoms with Crippen molar-refractivity contribution in [1.29, 1.82) is 0 Å². The summed E-state index contributed by atoms with van der Waals surface area (Å²) in [7, 11) is 5.14. The lowest BCUT2D eigenvalue weighted by atomic mass is 10.1. The number of benzene rings is 2. The molecule has 27 heavy (non-hydrogen) atoms. The topological polar surface area (TPSA) is 66.3 Å². The number of aromatic hydroxyl groups is 1. The van der Waals surface area contributed by atoms with E-state index in [1.807, 2.05) is 24.1 Å². The number of hydrogen-bond acceptors (Lipinski definition) is 4. The largest absolute Gasteiger partial charge is 0.508 e. The van der Waals surface area contributed by atoms with E-state index in [2.05, 4.69) is 10.3 Å². The van der Waals surface area contributed by atoms with Gasteiger partial charge in [-0.05, 0) is 30.2 Å². The molecule has 0 aliphatic carbocycles. The van der Waals surface area contributed by atoms with Gasteiger partial charge in [0.05, 0.1) is 13.7 Å². The van der Waals surface area contributed by atoms with E-state index in [4.69, 9.17) is 9.47 Å². The molecule has 0 aliphatic heterocycles. The number of rotatable bonds is 8. The summed E-state index contributed by atoms with van der Waals surface area (Å²) in [6, 6.07) is 11.6. The van der Waals surface area contributed by atoms with E-state index in [0.29, 0.717) is 37.8 Å². The van der Waals surface area contributed by atoms with Gasteiger partial charge in [-0.3, -0.25) is 4.99 Å². The summed E-state index contributed by atoms with van der Waals surface area (Å²) in [5.41, 5.74) is 0.823. The molecule has 0 amide bonds. The van der Waals surface area contributed by atoms with Gasteiger partial charge in [-0.15, -0.1) is 0 Å². The predicted molar refractivity (Wildman–Crippen MR) is 104 cm³/mol. The van der Waals surface area contributed by atoms with Gasteiger partial charge in [0.25, 0.3) is 0 Å². The van der Waals surface area contributed by atoms with Crippen LogP contribution in [0.4, 0.5) is 4.39 Å². The van der Waals surface area contributed by atoms with Gasteiger partial charge in [0.2, 0.25) is 0 Å². The molecule has 6 nitrogen and oxygen atoms in total. The maximum atomic E-state index is 13.5. The minimum Gasteiger partial charge on any atom is -0.508 e. The lowest BCUT2D eigenvalue weighted by molar-refractivity contribution is 0.270. The number of nitrogens with zero attached hydrogens (tertiary/aromatic N) is 2. The Hall–Kier alpha value is -2.96. The molecule has 7 heteroatoms. The van der Waals surface area contributed by atoms with Crippen LogP contribution in [0.25, 0.3) is 0 Å². The van der Waals surface area contributed by atoms with Crippen molar-refractivity contribution in [2.75, 3.05) is 40.9 Å². The van der Waals surface area contributed by atoms with Gasteiger partial charge >= 0.3 is 0 Å². The van der Waals surface area contributed by atoms with Crippen LogP contribution in [-0.2, 0) is 6.42 Å². The Bertz CT molecular complexity index is 768. The van der Waals surface area contributed by atoms with Crippen molar-refractivity contribution in [2.45, 2.75) is 6.42 Å². The zero-order valence-corrected chi connectivity index (χ0v) is 15.9. The van der Waals surface area contributed by atoms with Crippen molar-refractivity contribution in [3.8, 4) is 17.2 Å². The lowest BCUT2D eigenvalue weighted by Crippen LogP contribution is -2.41. The number of halogens is 1. The summed E-state index contributed by atoms with van der Waals surface area (Å²) in [5, 5.41) is 13.2. The first-order valence-electron chi connectivity index (χ1n) is 8.70. The molecule has 146 valence electrons. The molecule has 0 unspecified atom stereocenters. The quantitative estimate of drug-likeness (QED) is 0.549. The fraction of sp³-hybridized carbons (Fsp3) is 0.350. The van der Waals surface area contributed by atoms with Gasteiger partial charge in [0.15, 0.2) is 17.5 Å². The summed E-state index contributed by atoms with van der Waals surface area (Å²) < 4.78 is 24.1. The van der Waals surface area contributed by atoms with Gasteiger partial charge in [-0.25, -0.2) is 4.39 Å². The first kappa shape index (κ1) is 20.4. The van der Waals surface area contributed by atoms with Gasteiger partial charge in [0, 0.05) is 26.7 Å². The van der Waals surface area contributed by atoms with Gasteiger partial charge < -0.3 is 24.8 Å². The molecular formula is C20H26FN3O3. The molecule has 2 aromatic carbocycles. The summed E-state index contributed by atoms with van der Waals surface area (Å²) in [6.45, 7) is 1.48. The van der Waals surface area contributed by atoms with Gasteiger partial charge in [-0.2, -0.15) is 0 Å². The highest BCUT2D eigenvalue weighted by molar-refractivity contribution is 5.79. The van der Waals surface area contributed by atoms with Crippen LogP contribution in [-0.4, -0.2) is 56.9 Å². The molecule has 2 N–H and O–H groups in total. The number of ether oxygens (including phenoxy) is 2. The Morgan fingerprint density at radius 2 is 2.04 bits per heavy atom. The molecule has 0 aliphatic rings. The fourth-order valence-corrected chi connectivity index (χ4v) is 2.54. The standard InChI is InChI=1S/C20H26FN3O3/c1-22-20(23-11-10-15-8-9-16(26-3)14-18(15)25)24(2)12-13-27-19-7-5-4-6-17(19)21/h4-9,14,25H,10-13H2,1-3H3,(H,22,23). The minimum absolute atomic E-state index is 0.206. The van der Waals surface area contributed by atoms with Gasteiger partial charge in [0.1, 0.15) is 18.1 Å².